The number of amides is 1. The van der Waals surface area contributed by atoms with Crippen LogP contribution in [0.4, 0.5) is 5.69 Å². The molecule has 10 heteroatoms. The maximum Gasteiger partial charge on any atom is 0.240 e. The van der Waals surface area contributed by atoms with Crippen LogP contribution in [-0.4, -0.2) is 35.3 Å². The Balaban J connectivity index is 1.92. The Morgan fingerprint density at radius 2 is 1.57 bits per heavy atom. The highest BCUT2D eigenvalue weighted by Crippen LogP contribution is 2.17. The molecule has 0 spiro atoms. The van der Waals surface area contributed by atoms with E-state index in [9.17, 15) is 21.6 Å². The Kier molecular flexibility index (Phi) is 7.75. The fourth-order valence-corrected chi connectivity index (χ4v) is 5.30. The lowest BCUT2D eigenvalue weighted by atomic mass is 10.2. The molecule has 0 unspecified atom stereocenters. The monoisotopic (exact) mass is 453 g/mol. The highest BCUT2D eigenvalue weighted by Gasteiger charge is 2.17. The molecule has 0 fully saturated rings. The second kappa shape index (κ2) is 9.69. The lowest BCUT2D eigenvalue weighted by Gasteiger charge is -2.11. The van der Waals surface area contributed by atoms with Crippen molar-refractivity contribution in [3.8, 4) is 0 Å². The summed E-state index contributed by atoms with van der Waals surface area (Å²) in [5.41, 5.74) is 2.01. The zero-order chi connectivity index (χ0) is 22.5. The van der Waals surface area contributed by atoms with Gasteiger partial charge in [0.2, 0.25) is 26.0 Å². The summed E-state index contributed by atoms with van der Waals surface area (Å²) >= 11 is 0. The van der Waals surface area contributed by atoms with Crippen LogP contribution >= 0.6 is 0 Å². The molecule has 0 saturated heterocycles. The molecular formula is C20H27N3O5S2. The minimum atomic E-state index is -3.71. The van der Waals surface area contributed by atoms with Gasteiger partial charge < -0.3 is 5.32 Å². The Hall–Kier alpha value is -2.27. The normalized spacial score (nSPS) is 12.2. The number of aryl methyl sites for hydroxylation is 2. The molecule has 0 aromatic heterocycles. The lowest BCUT2D eigenvalue weighted by Crippen LogP contribution is -2.30. The van der Waals surface area contributed by atoms with Crippen LogP contribution in [0.5, 0.6) is 0 Å². The molecular weight excluding hydrogens is 426 g/mol. The first-order chi connectivity index (χ1) is 13.9. The van der Waals surface area contributed by atoms with Gasteiger partial charge in [0.05, 0.1) is 9.79 Å². The van der Waals surface area contributed by atoms with Gasteiger partial charge in [0.15, 0.2) is 0 Å². The van der Waals surface area contributed by atoms with Gasteiger partial charge in [0.25, 0.3) is 0 Å². The topological polar surface area (TPSA) is 121 Å². The maximum atomic E-state index is 12.4. The van der Waals surface area contributed by atoms with E-state index in [0.29, 0.717) is 11.3 Å². The van der Waals surface area contributed by atoms with Gasteiger partial charge in [-0.3, -0.25) is 4.79 Å². The molecule has 164 valence electrons. The van der Waals surface area contributed by atoms with Crippen molar-refractivity contribution in [1.82, 2.24) is 9.44 Å². The first-order valence-electron chi connectivity index (χ1n) is 9.40. The van der Waals surface area contributed by atoms with E-state index in [0.717, 1.165) is 5.56 Å². The van der Waals surface area contributed by atoms with Crippen molar-refractivity contribution < 1.29 is 21.6 Å². The first-order valence-corrected chi connectivity index (χ1v) is 12.4. The molecule has 0 bridgehead atoms. The van der Waals surface area contributed by atoms with Crippen molar-refractivity contribution >= 4 is 31.6 Å². The van der Waals surface area contributed by atoms with Crippen LogP contribution in [0.25, 0.3) is 0 Å². The van der Waals surface area contributed by atoms with Gasteiger partial charge in [0.1, 0.15) is 0 Å². The van der Waals surface area contributed by atoms with Crippen molar-refractivity contribution in [1.29, 1.82) is 0 Å². The summed E-state index contributed by atoms with van der Waals surface area (Å²) in [5, 5.41) is 2.62. The standard InChI is InChI=1S/C20H27N3O5S2/c1-14(2)23-29(25,26)18-8-6-17(7-9-18)22-20(24)11-12-21-30(27,28)19-10-5-15(3)13-16(19)4/h5-10,13-14,21,23H,11-12H2,1-4H3,(H,22,24). The minimum Gasteiger partial charge on any atom is -0.326 e. The second-order valence-corrected chi connectivity index (χ2v) is 10.7. The largest absolute Gasteiger partial charge is 0.326 e. The van der Waals surface area contributed by atoms with Crippen molar-refractivity contribution in [3.63, 3.8) is 0 Å². The molecule has 1 amide bonds. The van der Waals surface area contributed by atoms with Gasteiger partial charge in [0, 0.05) is 24.7 Å². The van der Waals surface area contributed by atoms with Crippen LogP contribution in [0.3, 0.4) is 0 Å². The number of benzene rings is 2. The fourth-order valence-electron chi connectivity index (χ4n) is 2.80. The molecule has 0 saturated carbocycles. The summed E-state index contributed by atoms with van der Waals surface area (Å²) in [4.78, 5) is 12.4. The quantitative estimate of drug-likeness (QED) is 0.538. The third kappa shape index (κ3) is 6.63. The van der Waals surface area contributed by atoms with Crippen molar-refractivity contribution in [3.05, 3.63) is 53.6 Å². The Morgan fingerprint density at radius 1 is 0.933 bits per heavy atom. The molecule has 0 aliphatic heterocycles. The third-order valence-electron chi connectivity index (χ3n) is 4.10. The van der Waals surface area contributed by atoms with E-state index in [1.54, 1.807) is 32.9 Å². The second-order valence-electron chi connectivity index (χ2n) is 7.27. The maximum absolute atomic E-state index is 12.4. The molecule has 2 rings (SSSR count). The van der Waals surface area contributed by atoms with Gasteiger partial charge >= 0.3 is 0 Å². The van der Waals surface area contributed by atoms with Crippen LogP contribution in [0.2, 0.25) is 0 Å². The van der Waals surface area contributed by atoms with Gasteiger partial charge in [-0.1, -0.05) is 17.7 Å². The van der Waals surface area contributed by atoms with E-state index in [-0.39, 0.29) is 28.8 Å². The molecule has 2 aromatic rings. The SMILES string of the molecule is Cc1ccc(S(=O)(=O)NCCC(=O)Nc2ccc(S(=O)(=O)NC(C)C)cc2)c(C)c1. The molecule has 0 aliphatic rings. The molecule has 3 N–H and O–H groups in total. The van der Waals surface area contributed by atoms with Crippen molar-refractivity contribution in [2.45, 2.75) is 49.9 Å². The predicted molar refractivity (Wildman–Crippen MR) is 116 cm³/mol. The number of rotatable bonds is 9. The van der Waals surface area contributed by atoms with Crippen LogP contribution in [0.15, 0.2) is 52.3 Å². The minimum absolute atomic E-state index is 0.0632. The fraction of sp³-hybridized carbons (Fsp3) is 0.350. The third-order valence-corrected chi connectivity index (χ3v) is 7.40. The molecule has 0 heterocycles. The molecule has 30 heavy (non-hydrogen) atoms. The Morgan fingerprint density at radius 3 is 2.13 bits per heavy atom. The number of carbonyl (C=O) groups excluding carboxylic acids is 1. The first kappa shape index (κ1) is 24.0. The number of hydrogen-bond donors (Lipinski definition) is 3. The van der Waals surface area contributed by atoms with Crippen LogP contribution in [0.1, 0.15) is 31.4 Å². The van der Waals surface area contributed by atoms with Gasteiger partial charge in [-0.2, -0.15) is 0 Å². The Bertz CT molecular complexity index is 1110. The van der Waals surface area contributed by atoms with E-state index in [2.05, 4.69) is 14.8 Å². The Labute approximate surface area is 178 Å². The van der Waals surface area contributed by atoms with Crippen molar-refractivity contribution in [2.75, 3.05) is 11.9 Å². The summed E-state index contributed by atoms with van der Waals surface area (Å²) in [6.45, 7) is 6.98. The van der Waals surface area contributed by atoms with E-state index >= 15 is 0 Å². The smallest absolute Gasteiger partial charge is 0.240 e. The molecule has 0 atom stereocenters. The van der Waals surface area contributed by atoms with Crippen LogP contribution in [0, 0.1) is 13.8 Å². The number of anilines is 1. The van der Waals surface area contributed by atoms with E-state index < -0.39 is 26.0 Å². The average molecular weight is 454 g/mol. The molecule has 2 aromatic carbocycles. The summed E-state index contributed by atoms with van der Waals surface area (Å²) in [6, 6.07) is 10.5. The van der Waals surface area contributed by atoms with Crippen LogP contribution in [-0.2, 0) is 24.8 Å². The van der Waals surface area contributed by atoms with E-state index in [1.165, 1.54) is 30.3 Å². The summed E-state index contributed by atoms with van der Waals surface area (Å²) < 4.78 is 53.9. The number of sulfonamides is 2. The summed E-state index contributed by atoms with van der Waals surface area (Å²) in [5.74, 6) is -0.394. The highest BCUT2D eigenvalue weighted by atomic mass is 32.2. The molecule has 0 aliphatic carbocycles. The number of hydrogen-bond acceptors (Lipinski definition) is 5. The highest BCUT2D eigenvalue weighted by molar-refractivity contribution is 7.89. The van der Waals surface area contributed by atoms with E-state index in [1.807, 2.05) is 6.92 Å². The summed E-state index contributed by atoms with van der Waals surface area (Å²) in [7, 11) is -7.32. The summed E-state index contributed by atoms with van der Waals surface area (Å²) in [6.07, 6.45) is -0.0703. The lowest BCUT2D eigenvalue weighted by molar-refractivity contribution is -0.116. The van der Waals surface area contributed by atoms with E-state index in [4.69, 9.17) is 0 Å². The average Bonchev–Trinajstić information content (AvgIpc) is 2.60. The zero-order valence-corrected chi connectivity index (χ0v) is 19.0. The van der Waals surface area contributed by atoms with Crippen molar-refractivity contribution in [2.24, 2.45) is 0 Å². The van der Waals surface area contributed by atoms with Gasteiger partial charge in [-0.05, 0) is 63.6 Å². The zero-order valence-electron chi connectivity index (χ0n) is 17.4. The number of nitrogens with one attached hydrogen (secondary N) is 3. The van der Waals surface area contributed by atoms with Gasteiger partial charge in [-0.25, -0.2) is 26.3 Å². The number of carbonyl (C=O) groups is 1. The molecule has 8 nitrogen and oxygen atoms in total. The van der Waals surface area contributed by atoms with Gasteiger partial charge in [-0.15, -0.1) is 0 Å². The van der Waals surface area contributed by atoms with Crippen LogP contribution < -0.4 is 14.8 Å². The predicted octanol–water partition coefficient (Wildman–Crippen LogP) is 2.30. The molecule has 0 radical (unpaired) electrons.